The van der Waals surface area contributed by atoms with E-state index >= 15 is 0 Å². The van der Waals surface area contributed by atoms with Crippen LogP contribution in [0.4, 0.5) is 4.79 Å². The number of likely N-dealkylation sites (tertiary alicyclic amines) is 1. The summed E-state index contributed by atoms with van der Waals surface area (Å²) in [6.45, 7) is 5.95. The van der Waals surface area contributed by atoms with Gasteiger partial charge in [0, 0.05) is 24.0 Å². The van der Waals surface area contributed by atoms with Crippen LogP contribution in [0.5, 0.6) is 0 Å². The summed E-state index contributed by atoms with van der Waals surface area (Å²) in [5.41, 5.74) is -0.245. The van der Waals surface area contributed by atoms with Crippen molar-refractivity contribution in [2.75, 3.05) is 19.7 Å². The maximum Gasteiger partial charge on any atom is 0.410 e. The molecule has 0 aromatic carbocycles. The first kappa shape index (κ1) is 15.3. The molecule has 2 amide bonds. The third-order valence-electron chi connectivity index (χ3n) is 4.49. The lowest BCUT2D eigenvalue weighted by atomic mass is 9.97. The largest absolute Gasteiger partial charge is 0.447 e. The van der Waals surface area contributed by atoms with Crippen LogP contribution in [0.25, 0.3) is 0 Å². The molecule has 22 heavy (non-hydrogen) atoms. The van der Waals surface area contributed by atoms with Crippen LogP contribution in [0.2, 0.25) is 0 Å². The molecule has 0 bridgehead atoms. The number of cyclic esters (lactones) is 1. The number of thiophene rings is 1. The van der Waals surface area contributed by atoms with Gasteiger partial charge < -0.3 is 9.64 Å². The molecule has 2 aliphatic heterocycles. The molecule has 120 valence electrons. The Kier molecular flexibility index (Phi) is 4.12. The number of nitrogens with zero attached hydrogens (tertiary/aromatic N) is 2. The van der Waals surface area contributed by atoms with E-state index in [9.17, 15) is 9.59 Å². The molecular formula is C16H22N2O3S. The number of hydrogen-bond acceptors (Lipinski definition) is 4. The van der Waals surface area contributed by atoms with Gasteiger partial charge in [-0.05, 0) is 38.1 Å². The van der Waals surface area contributed by atoms with Crippen LogP contribution < -0.4 is 0 Å². The minimum Gasteiger partial charge on any atom is -0.447 e. The summed E-state index contributed by atoms with van der Waals surface area (Å²) in [5.74, 6) is 0.184. The number of ether oxygens (including phenoxy) is 1. The van der Waals surface area contributed by atoms with E-state index in [0.29, 0.717) is 26.1 Å². The maximum absolute atomic E-state index is 12.3. The van der Waals surface area contributed by atoms with Crippen molar-refractivity contribution in [2.24, 2.45) is 0 Å². The predicted molar refractivity (Wildman–Crippen MR) is 84.9 cm³/mol. The van der Waals surface area contributed by atoms with Gasteiger partial charge in [-0.2, -0.15) is 0 Å². The Balaban J connectivity index is 1.56. The second-order valence-electron chi connectivity index (χ2n) is 6.61. The Bertz CT molecular complexity index is 548. The van der Waals surface area contributed by atoms with Gasteiger partial charge in [-0.1, -0.05) is 6.07 Å². The Morgan fingerprint density at radius 2 is 2.14 bits per heavy atom. The number of piperidine rings is 1. The SMILES string of the molecule is CC1(C)COC(=O)N1C1CCN(C(=O)Cc2cccs2)CC1. The lowest BCUT2D eigenvalue weighted by Crippen LogP contribution is -2.53. The highest BCUT2D eigenvalue weighted by molar-refractivity contribution is 7.10. The minimum atomic E-state index is -0.245. The first-order chi connectivity index (χ1) is 10.5. The molecule has 0 spiro atoms. The first-order valence-electron chi connectivity index (χ1n) is 7.73. The molecule has 2 saturated heterocycles. The van der Waals surface area contributed by atoms with Crippen molar-refractivity contribution in [3.8, 4) is 0 Å². The van der Waals surface area contributed by atoms with Crippen molar-refractivity contribution in [3.05, 3.63) is 22.4 Å². The molecule has 1 aromatic heterocycles. The fourth-order valence-electron chi connectivity index (χ4n) is 3.32. The highest BCUT2D eigenvalue weighted by Crippen LogP contribution is 2.30. The summed E-state index contributed by atoms with van der Waals surface area (Å²) in [6.07, 6.45) is 1.93. The van der Waals surface area contributed by atoms with E-state index in [0.717, 1.165) is 17.7 Å². The quantitative estimate of drug-likeness (QED) is 0.859. The second kappa shape index (κ2) is 5.91. The zero-order chi connectivity index (χ0) is 15.7. The summed E-state index contributed by atoms with van der Waals surface area (Å²) in [6, 6.07) is 4.15. The molecule has 5 nitrogen and oxygen atoms in total. The number of hydrogen-bond donors (Lipinski definition) is 0. The normalized spacial score (nSPS) is 22.0. The molecule has 0 radical (unpaired) electrons. The van der Waals surface area contributed by atoms with E-state index in [1.54, 1.807) is 11.3 Å². The van der Waals surface area contributed by atoms with E-state index in [2.05, 4.69) is 0 Å². The monoisotopic (exact) mass is 322 g/mol. The van der Waals surface area contributed by atoms with Gasteiger partial charge in [0.25, 0.3) is 0 Å². The topological polar surface area (TPSA) is 49.9 Å². The molecule has 3 heterocycles. The molecule has 2 aliphatic rings. The highest BCUT2D eigenvalue weighted by atomic mass is 32.1. The van der Waals surface area contributed by atoms with Crippen LogP contribution >= 0.6 is 11.3 Å². The van der Waals surface area contributed by atoms with Gasteiger partial charge >= 0.3 is 6.09 Å². The molecule has 0 saturated carbocycles. The van der Waals surface area contributed by atoms with Gasteiger partial charge in [0.2, 0.25) is 5.91 Å². The summed E-state index contributed by atoms with van der Waals surface area (Å²) in [7, 11) is 0. The smallest absolute Gasteiger partial charge is 0.410 e. The van der Waals surface area contributed by atoms with Crippen LogP contribution in [0, 0.1) is 0 Å². The summed E-state index contributed by atoms with van der Waals surface area (Å²) < 4.78 is 5.19. The first-order valence-corrected chi connectivity index (χ1v) is 8.61. The van der Waals surface area contributed by atoms with Crippen molar-refractivity contribution in [1.29, 1.82) is 0 Å². The van der Waals surface area contributed by atoms with E-state index in [1.165, 1.54) is 0 Å². The number of rotatable bonds is 3. The Labute approximate surface area is 134 Å². The lowest BCUT2D eigenvalue weighted by Gasteiger charge is -2.40. The third-order valence-corrected chi connectivity index (χ3v) is 5.36. The van der Waals surface area contributed by atoms with Crippen molar-refractivity contribution in [3.63, 3.8) is 0 Å². The highest BCUT2D eigenvalue weighted by Gasteiger charge is 2.44. The fraction of sp³-hybridized carbons (Fsp3) is 0.625. The van der Waals surface area contributed by atoms with Gasteiger partial charge in [-0.15, -0.1) is 11.3 Å². The Hall–Kier alpha value is -1.56. The van der Waals surface area contributed by atoms with Gasteiger partial charge in [0.15, 0.2) is 0 Å². The summed E-state index contributed by atoms with van der Waals surface area (Å²) in [5, 5.41) is 2.00. The standard InChI is InChI=1S/C16H22N2O3S/c1-16(2)11-21-15(20)18(16)12-5-7-17(8-6-12)14(19)10-13-4-3-9-22-13/h3-4,9,12H,5-8,10-11H2,1-2H3. The van der Waals surface area contributed by atoms with E-state index in [-0.39, 0.29) is 23.6 Å². The van der Waals surface area contributed by atoms with Crippen molar-refractivity contribution in [1.82, 2.24) is 9.80 Å². The van der Waals surface area contributed by atoms with Crippen molar-refractivity contribution in [2.45, 2.75) is 44.7 Å². The van der Waals surface area contributed by atoms with Crippen LogP contribution in [0.15, 0.2) is 17.5 Å². The molecule has 0 unspecified atom stereocenters. The number of carbonyl (C=O) groups is 2. The van der Waals surface area contributed by atoms with Gasteiger partial charge in [-0.3, -0.25) is 9.69 Å². The van der Waals surface area contributed by atoms with E-state index in [4.69, 9.17) is 4.74 Å². The van der Waals surface area contributed by atoms with Gasteiger partial charge in [0.05, 0.1) is 12.0 Å². The molecule has 0 atom stereocenters. The Morgan fingerprint density at radius 1 is 1.41 bits per heavy atom. The molecule has 2 fully saturated rings. The van der Waals surface area contributed by atoms with Crippen molar-refractivity contribution < 1.29 is 14.3 Å². The molecule has 1 aromatic rings. The molecule has 3 rings (SSSR count). The average molecular weight is 322 g/mol. The lowest BCUT2D eigenvalue weighted by molar-refractivity contribution is -0.131. The molecule has 0 aliphatic carbocycles. The van der Waals surface area contributed by atoms with Crippen LogP contribution in [-0.2, 0) is 16.0 Å². The zero-order valence-corrected chi connectivity index (χ0v) is 13.9. The number of amides is 2. The van der Waals surface area contributed by atoms with Gasteiger partial charge in [-0.25, -0.2) is 4.79 Å². The fourth-order valence-corrected chi connectivity index (χ4v) is 4.01. The predicted octanol–water partition coefficient (Wildman–Crippen LogP) is 2.51. The second-order valence-corrected chi connectivity index (χ2v) is 7.64. The summed E-state index contributed by atoms with van der Waals surface area (Å²) >= 11 is 1.62. The summed E-state index contributed by atoms with van der Waals surface area (Å²) in [4.78, 5) is 29.2. The maximum atomic E-state index is 12.3. The van der Waals surface area contributed by atoms with E-state index < -0.39 is 0 Å². The van der Waals surface area contributed by atoms with E-state index in [1.807, 2.05) is 41.2 Å². The van der Waals surface area contributed by atoms with Crippen molar-refractivity contribution >= 4 is 23.3 Å². The average Bonchev–Trinajstić information content (AvgIpc) is 3.07. The molecule has 0 N–H and O–H groups in total. The van der Waals surface area contributed by atoms with Crippen LogP contribution in [-0.4, -0.2) is 53.1 Å². The third kappa shape index (κ3) is 2.97. The Morgan fingerprint density at radius 3 is 2.68 bits per heavy atom. The minimum absolute atomic E-state index is 0.177. The zero-order valence-electron chi connectivity index (χ0n) is 13.1. The number of carbonyl (C=O) groups excluding carboxylic acids is 2. The van der Waals surface area contributed by atoms with Crippen LogP contribution in [0.3, 0.4) is 0 Å². The molecular weight excluding hydrogens is 300 g/mol. The van der Waals surface area contributed by atoms with Crippen LogP contribution in [0.1, 0.15) is 31.6 Å². The molecule has 6 heteroatoms. The van der Waals surface area contributed by atoms with Gasteiger partial charge in [0.1, 0.15) is 6.61 Å².